The summed E-state index contributed by atoms with van der Waals surface area (Å²) in [5.41, 5.74) is 0.651. The van der Waals surface area contributed by atoms with Gasteiger partial charge in [0.2, 0.25) is 10.0 Å². The van der Waals surface area contributed by atoms with Crippen molar-refractivity contribution < 1.29 is 17.6 Å². The largest absolute Gasteiger partial charge is 0.351 e. The van der Waals surface area contributed by atoms with Gasteiger partial charge in [-0.3, -0.25) is 9.69 Å². The lowest BCUT2D eigenvalue weighted by atomic mass is 10.2. The second-order valence-corrected chi connectivity index (χ2v) is 9.54. The van der Waals surface area contributed by atoms with E-state index in [1.165, 1.54) is 16.4 Å². The number of hydrogen-bond acceptors (Lipinski definition) is 4. The fourth-order valence-electron chi connectivity index (χ4n) is 3.02. The summed E-state index contributed by atoms with van der Waals surface area (Å²) in [6, 6.07) is 12.3. The van der Waals surface area contributed by atoms with Crippen LogP contribution in [0.15, 0.2) is 53.4 Å². The van der Waals surface area contributed by atoms with Crippen molar-refractivity contribution in [3.8, 4) is 0 Å². The molecule has 158 valence electrons. The summed E-state index contributed by atoms with van der Waals surface area (Å²) in [6.07, 6.45) is 0. The summed E-state index contributed by atoms with van der Waals surface area (Å²) < 4.78 is 40.6. The van der Waals surface area contributed by atoms with Gasteiger partial charge in [-0.25, -0.2) is 12.8 Å². The van der Waals surface area contributed by atoms with Crippen LogP contribution in [0.1, 0.15) is 10.4 Å². The minimum absolute atomic E-state index is 0. The first kappa shape index (κ1) is 24.0. The molecular formula is C19H22ClFIN3O3S. The molecule has 0 bridgehead atoms. The number of sulfonamides is 1. The van der Waals surface area contributed by atoms with Crippen LogP contribution in [0.2, 0.25) is 0 Å². The van der Waals surface area contributed by atoms with Gasteiger partial charge in [-0.05, 0) is 59.0 Å². The lowest BCUT2D eigenvalue weighted by Gasteiger charge is -2.33. The molecule has 1 N–H and O–H groups in total. The first-order valence-electron chi connectivity index (χ1n) is 8.89. The Morgan fingerprint density at radius 1 is 1.03 bits per heavy atom. The average molecular weight is 554 g/mol. The van der Waals surface area contributed by atoms with Crippen molar-refractivity contribution in [2.24, 2.45) is 0 Å². The molecule has 10 heteroatoms. The summed E-state index contributed by atoms with van der Waals surface area (Å²) >= 11 is 2.13. The molecule has 1 saturated heterocycles. The van der Waals surface area contributed by atoms with Gasteiger partial charge < -0.3 is 5.32 Å². The van der Waals surface area contributed by atoms with Gasteiger partial charge in [-0.1, -0.05) is 12.1 Å². The molecule has 2 aromatic rings. The number of rotatable bonds is 6. The summed E-state index contributed by atoms with van der Waals surface area (Å²) in [7, 11) is -3.61. The van der Waals surface area contributed by atoms with Gasteiger partial charge in [0, 0.05) is 42.8 Å². The van der Waals surface area contributed by atoms with Gasteiger partial charge in [0.1, 0.15) is 5.82 Å². The zero-order valence-electron chi connectivity index (χ0n) is 15.6. The molecule has 6 nitrogen and oxygen atoms in total. The molecule has 0 atom stereocenters. The van der Waals surface area contributed by atoms with E-state index in [9.17, 15) is 17.6 Å². The standard InChI is InChI=1S/C19H21FIN3O3S.ClH/c20-15-5-7-16(8-6-15)28(26,27)24-13-11-23(12-14-24)10-9-22-19(25)17-3-1-2-4-18(17)21;/h1-8H,9-14H2,(H,22,25);1H. The topological polar surface area (TPSA) is 69.7 Å². The third kappa shape index (κ3) is 6.11. The molecule has 0 aliphatic carbocycles. The predicted molar refractivity (Wildman–Crippen MR) is 120 cm³/mol. The number of halogens is 3. The van der Waals surface area contributed by atoms with Crippen LogP contribution < -0.4 is 5.32 Å². The SMILES string of the molecule is Cl.O=C(NCCN1CCN(S(=O)(=O)c2ccc(F)cc2)CC1)c1ccccc1I. The van der Waals surface area contributed by atoms with Crippen molar-refractivity contribution in [1.29, 1.82) is 0 Å². The van der Waals surface area contributed by atoms with Crippen molar-refractivity contribution >= 4 is 50.9 Å². The van der Waals surface area contributed by atoms with Crippen LogP contribution in [0, 0.1) is 9.39 Å². The van der Waals surface area contributed by atoms with Crippen molar-refractivity contribution in [1.82, 2.24) is 14.5 Å². The van der Waals surface area contributed by atoms with Gasteiger partial charge in [0.15, 0.2) is 0 Å². The number of amides is 1. The number of nitrogens with zero attached hydrogens (tertiary/aromatic N) is 2. The van der Waals surface area contributed by atoms with Crippen LogP contribution in [-0.2, 0) is 10.0 Å². The minimum Gasteiger partial charge on any atom is -0.351 e. The maximum Gasteiger partial charge on any atom is 0.252 e. The Balaban J connectivity index is 0.00000300. The highest BCUT2D eigenvalue weighted by Gasteiger charge is 2.28. The summed E-state index contributed by atoms with van der Waals surface area (Å²) in [6.45, 7) is 3.04. The second-order valence-electron chi connectivity index (χ2n) is 6.44. The molecule has 0 saturated carbocycles. The van der Waals surface area contributed by atoms with Crippen molar-refractivity contribution in [2.45, 2.75) is 4.90 Å². The quantitative estimate of drug-likeness (QED) is 0.559. The summed E-state index contributed by atoms with van der Waals surface area (Å²) in [4.78, 5) is 14.4. The molecule has 1 aliphatic heterocycles. The Bertz CT molecular complexity index is 936. The van der Waals surface area contributed by atoms with E-state index in [2.05, 4.69) is 32.8 Å². The minimum atomic E-state index is -3.61. The number of carbonyl (C=O) groups excluding carboxylic acids is 1. The summed E-state index contributed by atoms with van der Waals surface area (Å²) in [5.74, 6) is -0.571. The van der Waals surface area contributed by atoms with E-state index in [4.69, 9.17) is 0 Å². The predicted octanol–water partition coefficient (Wildman–Crippen LogP) is 2.59. The van der Waals surface area contributed by atoms with Gasteiger partial charge in [-0.2, -0.15) is 4.31 Å². The lowest BCUT2D eigenvalue weighted by molar-refractivity contribution is 0.0944. The third-order valence-corrected chi connectivity index (χ3v) is 7.47. The Labute approximate surface area is 190 Å². The molecule has 2 aromatic carbocycles. The van der Waals surface area contributed by atoms with Crippen molar-refractivity contribution in [3.05, 3.63) is 63.5 Å². The highest BCUT2D eigenvalue weighted by atomic mass is 127. The zero-order valence-corrected chi connectivity index (χ0v) is 19.3. The van der Waals surface area contributed by atoms with Gasteiger partial charge in [-0.15, -0.1) is 12.4 Å². The van der Waals surface area contributed by atoms with Crippen LogP contribution in [0.3, 0.4) is 0 Å². The first-order valence-corrected chi connectivity index (χ1v) is 11.4. The van der Waals surface area contributed by atoms with Crippen LogP contribution in [-0.4, -0.2) is 62.8 Å². The van der Waals surface area contributed by atoms with E-state index in [1.54, 1.807) is 6.07 Å². The number of nitrogens with one attached hydrogen (secondary N) is 1. The molecule has 1 heterocycles. The van der Waals surface area contributed by atoms with E-state index in [1.807, 2.05) is 18.2 Å². The number of piperazine rings is 1. The van der Waals surface area contributed by atoms with Gasteiger partial charge in [0.25, 0.3) is 5.91 Å². The highest BCUT2D eigenvalue weighted by molar-refractivity contribution is 14.1. The van der Waals surface area contributed by atoms with Crippen LogP contribution in [0.25, 0.3) is 0 Å². The molecule has 0 radical (unpaired) electrons. The zero-order chi connectivity index (χ0) is 20.1. The molecule has 0 unspecified atom stereocenters. The normalized spacial score (nSPS) is 15.5. The third-order valence-electron chi connectivity index (χ3n) is 4.61. The molecule has 0 spiro atoms. The van der Waals surface area contributed by atoms with E-state index >= 15 is 0 Å². The van der Waals surface area contributed by atoms with Gasteiger partial charge in [0.05, 0.1) is 10.5 Å². The number of benzene rings is 2. The molecule has 3 rings (SSSR count). The Morgan fingerprint density at radius 2 is 1.66 bits per heavy atom. The second kappa shape index (κ2) is 10.7. The average Bonchev–Trinajstić information content (AvgIpc) is 2.69. The van der Waals surface area contributed by atoms with Gasteiger partial charge >= 0.3 is 0 Å². The molecule has 1 amide bonds. The fourth-order valence-corrected chi connectivity index (χ4v) is 5.07. The van der Waals surface area contributed by atoms with E-state index in [-0.39, 0.29) is 23.2 Å². The van der Waals surface area contributed by atoms with Crippen molar-refractivity contribution in [2.75, 3.05) is 39.3 Å². The molecule has 29 heavy (non-hydrogen) atoms. The molecular weight excluding hydrogens is 532 g/mol. The molecule has 1 fully saturated rings. The lowest BCUT2D eigenvalue weighted by Crippen LogP contribution is -2.50. The number of carbonyl (C=O) groups is 1. The Hall–Kier alpha value is -1.27. The van der Waals surface area contributed by atoms with E-state index in [0.29, 0.717) is 44.8 Å². The molecule has 1 aliphatic rings. The maximum atomic E-state index is 13.0. The maximum absolute atomic E-state index is 13.0. The van der Waals surface area contributed by atoms with Crippen LogP contribution in [0.4, 0.5) is 4.39 Å². The van der Waals surface area contributed by atoms with Crippen LogP contribution in [0.5, 0.6) is 0 Å². The van der Waals surface area contributed by atoms with E-state index < -0.39 is 15.8 Å². The fraction of sp³-hybridized carbons (Fsp3) is 0.316. The summed E-state index contributed by atoms with van der Waals surface area (Å²) in [5, 5.41) is 2.91. The highest BCUT2D eigenvalue weighted by Crippen LogP contribution is 2.18. The number of hydrogen-bond donors (Lipinski definition) is 1. The Morgan fingerprint density at radius 3 is 2.28 bits per heavy atom. The van der Waals surface area contributed by atoms with Crippen molar-refractivity contribution in [3.63, 3.8) is 0 Å². The first-order chi connectivity index (χ1) is 13.4. The molecule has 0 aromatic heterocycles. The van der Waals surface area contributed by atoms with Crippen LogP contribution >= 0.6 is 35.0 Å². The monoisotopic (exact) mass is 553 g/mol. The van der Waals surface area contributed by atoms with E-state index in [0.717, 1.165) is 15.7 Å². The smallest absolute Gasteiger partial charge is 0.252 e. The Kier molecular flexibility index (Phi) is 8.83.